The molecule has 1 aromatic heterocycles. The highest BCUT2D eigenvalue weighted by Gasteiger charge is 2.35. The van der Waals surface area contributed by atoms with Gasteiger partial charge in [0.05, 0.1) is 5.56 Å². The number of H-pyrrole nitrogens is 1. The molecular weight excluding hydrogens is 407 g/mol. The molecule has 1 aliphatic rings. The number of likely N-dealkylation sites (N-methyl/N-ethyl adjacent to an activating group) is 1. The molecule has 164 valence electrons. The van der Waals surface area contributed by atoms with Gasteiger partial charge in [0.15, 0.2) is 0 Å². The predicted molar refractivity (Wildman–Crippen MR) is 115 cm³/mol. The number of aromatic amines is 1. The minimum atomic E-state index is -4.52. The van der Waals surface area contributed by atoms with Crippen molar-refractivity contribution in [3.8, 4) is 11.1 Å². The standard InChI is InChI=1S/C21H24F3N7/c1-13-11-15(26-20-27-19(25)28-29-20)12-17(21(22,23)24)18(13)14-3-5-16(6-4-14)31-9-7-30(2)8-10-31/h3-6,11-12H,7-10H2,1-2H3,(H4,25,26,27,28,29). The number of aryl methyl sites for hydroxylation is 1. The third kappa shape index (κ3) is 4.58. The van der Waals surface area contributed by atoms with E-state index < -0.39 is 11.7 Å². The molecule has 0 amide bonds. The van der Waals surface area contributed by atoms with Crippen molar-refractivity contribution in [1.29, 1.82) is 0 Å². The average Bonchev–Trinajstić information content (AvgIpc) is 3.12. The number of rotatable bonds is 4. The van der Waals surface area contributed by atoms with Crippen LogP contribution in [0.25, 0.3) is 11.1 Å². The summed E-state index contributed by atoms with van der Waals surface area (Å²) in [6, 6.07) is 10.0. The van der Waals surface area contributed by atoms with Crippen molar-refractivity contribution in [3.63, 3.8) is 0 Å². The molecule has 10 heteroatoms. The first-order valence-electron chi connectivity index (χ1n) is 9.91. The van der Waals surface area contributed by atoms with Gasteiger partial charge in [-0.3, -0.25) is 0 Å². The van der Waals surface area contributed by atoms with E-state index >= 15 is 0 Å². The van der Waals surface area contributed by atoms with Gasteiger partial charge in [-0.1, -0.05) is 12.1 Å². The van der Waals surface area contributed by atoms with Crippen LogP contribution in [0, 0.1) is 6.92 Å². The second-order valence-corrected chi connectivity index (χ2v) is 7.72. The molecule has 0 spiro atoms. The Morgan fingerprint density at radius 2 is 1.74 bits per heavy atom. The van der Waals surface area contributed by atoms with Gasteiger partial charge in [0.1, 0.15) is 0 Å². The van der Waals surface area contributed by atoms with E-state index in [2.05, 4.69) is 37.3 Å². The minimum absolute atomic E-state index is 0.0762. The molecule has 0 atom stereocenters. The fourth-order valence-corrected chi connectivity index (χ4v) is 3.83. The maximum absolute atomic E-state index is 13.9. The number of nitrogen functional groups attached to an aromatic ring is 1. The van der Waals surface area contributed by atoms with Gasteiger partial charge in [0.2, 0.25) is 11.9 Å². The Morgan fingerprint density at radius 1 is 1.06 bits per heavy atom. The molecule has 1 aliphatic heterocycles. The Hall–Kier alpha value is -3.27. The van der Waals surface area contributed by atoms with Crippen molar-refractivity contribution in [2.45, 2.75) is 13.1 Å². The number of alkyl halides is 3. The molecule has 7 nitrogen and oxygen atoms in total. The van der Waals surface area contributed by atoms with Crippen molar-refractivity contribution < 1.29 is 13.2 Å². The molecule has 2 aromatic carbocycles. The minimum Gasteiger partial charge on any atom is -0.369 e. The molecule has 0 aliphatic carbocycles. The number of hydrogen-bond acceptors (Lipinski definition) is 6. The number of nitrogens with two attached hydrogens (primary N) is 1. The first-order chi connectivity index (χ1) is 14.7. The number of halogens is 3. The number of nitrogens with zero attached hydrogens (tertiary/aromatic N) is 4. The molecule has 31 heavy (non-hydrogen) atoms. The van der Waals surface area contributed by atoms with Gasteiger partial charge < -0.3 is 20.9 Å². The second kappa shape index (κ2) is 8.10. The Bertz CT molecular complexity index is 1050. The summed E-state index contributed by atoms with van der Waals surface area (Å²) in [5.74, 6) is 0.182. The first kappa shape index (κ1) is 21.0. The quantitative estimate of drug-likeness (QED) is 0.581. The zero-order valence-electron chi connectivity index (χ0n) is 17.3. The van der Waals surface area contributed by atoms with Gasteiger partial charge in [-0.25, -0.2) is 5.10 Å². The lowest BCUT2D eigenvalue weighted by Crippen LogP contribution is -2.44. The number of nitrogens with one attached hydrogen (secondary N) is 2. The monoisotopic (exact) mass is 431 g/mol. The Morgan fingerprint density at radius 3 is 2.32 bits per heavy atom. The molecule has 3 aromatic rings. The maximum Gasteiger partial charge on any atom is 0.417 e. The van der Waals surface area contributed by atoms with E-state index in [0.29, 0.717) is 11.1 Å². The van der Waals surface area contributed by atoms with Gasteiger partial charge in [0.25, 0.3) is 0 Å². The molecule has 4 rings (SSSR count). The van der Waals surface area contributed by atoms with Crippen molar-refractivity contribution in [1.82, 2.24) is 20.1 Å². The Balaban J connectivity index is 1.67. The van der Waals surface area contributed by atoms with Gasteiger partial charge in [-0.05, 0) is 54.9 Å². The molecular formula is C21H24F3N7. The van der Waals surface area contributed by atoms with Gasteiger partial charge in [-0.2, -0.15) is 18.2 Å². The molecule has 0 saturated carbocycles. The molecule has 0 radical (unpaired) electrons. The summed E-state index contributed by atoms with van der Waals surface area (Å²) in [6.45, 7) is 5.38. The van der Waals surface area contributed by atoms with Crippen molar-refractivity contribution >= 4 is 23.3 Å². The van der Waals surface area contributed by atoms with E-state index in [1.165, 1.54) is 0 Å². The average molecular weight is 431 g/mol. The van der Waals surface area contributed by atoms with Crippen LogP contribution in [0.4, 0.5) is 36.4 Å². The van der Waals surface area contributed by atoms with Crippen LogP contribution in [0.2, 0.25) is 0 Å². The maximum atomic E-state index is 13.9. The Labute approximate surface area is 178 Å². The topological polar surface area (TPSA) is 86.1 Å². The van der Waals surface area contributed by atoms with Gasteiger partial charge >= 0.3 is 6.18 Å². The van der Waals surface area contributed by atoms with Crippen LogP contribution in [0.3, 0.4) is 0 Å². The third-order valence-electron chi connectivity index (χ3n) is 5.42. The highest BCUT2D eigenvalue weighted by atomic mass is 19.4. The number of aromatic nitrogens is 3. The normalized spacial score (nSPS) is 15.3. The van der Waals surface area contributed by atoms with Crippen LogP contribution in [0.5, 0.6) is 0 Å². The van der Waals surface area contributed by atoms with Crippen LogP contribution in [0.15, 0.2) is 36.4 Å². The molecule has 4 N–H and O–H groups in total. The van der Waals surface area contributed by atoms with E-state index in [0.717, 1.165) is 37.9 Å². The second-order valence-electron chi connectivity index (χ2n) is 7.72. The SMILES string of the molecule is Cc1cc(Nc2n[nH]c(N)n2)cc(C(F)(F)F)c1-c1ccc(N2CCN(C)CC2)cc1. The summed E-state index contributed by atoms with van der Waals surface area (Å²) in [5, 5.41) is 9.02. The van der Waals surface area contributed by atoms with Crippen LogP contribution in [-0.2, 0) is 6.18 Å². The summed E-state index contributed by atoms with van der Waals surface area (Å²) in [6.07, 6.45) is -4.52. The predicted octanol–water partition coefficient (Wildman–Crippen LogP) is 3.88. The van der Waals surface area contributed by atoms with Gasteiger partial charge in [0, 0.05) is 37.6 Å². The van der Waals surface area contributed by atoms with Crippen molar-refractivity contribution in [2.24, 2.45) is 0 Å². The fourth-order valence-electron chi connectivity index (χ4n) is 3.83. The smallest absolute Gasteiger partial charge is 0.369 e. The molecule has 2 heterocycles. The van der Waals surface area contributed by atoms with Crippen LogP contribution in [-0.4, -0.2) is 53.3 Å². The summed E-state index contributed by atoms with van der Waals surface area (Å²) in [4.78, 5) is 8.38. The lowest BCUT2D eigenvalue weighted by atomic mass is 9.93. The summed E-state index contributed by atoms with van der Waals surface area (Å²) in [5.41, 5.74) is 7.20. The number of piperazine rings is 1. The van der Waals surface area contributed by atoms with Gasteiger partial charge in [-0.15, -0.1) is 5.10 Å². The molecule has 0 unspecified atom stereocenters. The van der Waals surface area contributed by atoms with Crippen LogP contribution < -0.4 is 16.0 Å². The van der Waals surface area contributed by atoms with E-state index in [9.17, 15) is 13.2 Å². The largest absolute Gasteiger partial charge is 0.417 e. The number of hydrogen-bond donors (Lipinski definition) is 3. The highest BCUT2D eigenvalue weighted by molar-refractivity contribution is 5.76. The van der Waals surface area contributed by atoms with E-state index in [-0.39, 0.29) is 23.1 Å². The molecule has 1 saturated heterocycles. The fraction of sp³-hybridized carbons (Fsp3) is 0.333. The highest BCUT2D eigenvalue weighted by Crippen LogP contribution is 2.41. The summed E-state index contributed by atoms with van der Waals surface area (Å²) in [7, 11) is 2.08. The van der Waals surface area contributed by atoms with E-state index in [1.54, 1.807) is 25.1 Å². The van der Waals surface area contributed by atoms with Crippen molar-refractivity contribution in [2.75, 3.05) is 49.2 Å². The molecule has 0 bridgehead atoms. The first-order valence-corrected chi connectivity index (χ1v) is 9.91. The number of benzene rings is 2. The number of anilines is 4. The summed E-state index contributed by atoms with van der Waals surface area (Å²) < 4.78 is 41.8. The van der Waals surface area contributed by atoms with E-state index in [4.69, 9.17) is 5.73 Å². The van der Waals surface area contributed by atoms with E-state index in [1.807, 2.05) is 12.1 Å². The van der Waals surface area contributed by atoms with Crippen LogP contribution >= 0.6 is 0 Å². The third-order valence-corrected chi connectivity index (χ3v) is 5.42. The zero-order chi connectivity index (χ0) is 22.2. The lowest BCUT2D eigenvalue weighted by Gasteiger charge is -2.34. The van der Waals surface area contributed by atoms with Crippen LogP contribution in [0.1, 0.15) is 11.1 Å². The zero-order valence-corrected chi connectivity index (χ0v) is 17.3. The Kier molecular flexibility index (Phi) is 5.48. The van der Waals surface area contributed by atoms with Crippen molar-refractivity contribution in [3.05, 3.63) is 47.5 Å². The lowest BCUT2D eigenvalue weighted by molar-refractivity contribution is -0.137. The summed E-state index contributed by atoms with van der Waals surface area (Å²) >= 11 is 0. The molecule has 1 fully saturated rings.